The molecule has 4 rings (SSSR count). The van der Waals surface area contributed by atoms with E-state index in [0.29, 0.717) is 43.3 Å². The highest BCUT2D eigenvalue weighted by Gasteiger charge is 2.25. The highest BCUT2D eigenvalue weighted by molar-refractivity contribution is 5.93. The van der Waals surface area contributed by atoms with Crippen LogP contribution < -0.4 is 4.90 Å². The zero-order chi connectivity index (χ0) is 18.8. The Bertz CT molecular complexity index is 1000. The van der Waals surface area contributed by atoms with Crippen LogP contribution in [0.2, 0.25) is 0 Å². The van der Waals surface area contributed by atoms with E-state index < -0.39 is 0 Å². The molecule has 27 heavy (non-hydrogen) atoms. The van der Waals surface area contributed by atoms with E-state index in [1.54, 1.807) is 29.3 Å². The van der Waals surface area contributed by atoms with Crippen molar-refractivity contribution < 1.29 is 4.79 Å². The topological polar surface area (TPSA) is 93.8 Å². The molecule has 0 radical (unpaired) electrons. The average molecular weight is 361 g/mol. The van der Waals surface area contributed by atoms with Crippen molar-refractivity contribution in [1.29, 1.82) is 5.26 Å². The molecule has 1 fully saturated rings. The predicted molar refractivity (Wildman–Crippen MR) is 100 cm³/mol. The van der Waals surface area contributed by atoms with Crippen LogP contribution in [0.25, 0.3) is 11.4 Å². The standard InChI is InChI=1S/C19H19N7O/c1-24-7-3-5-17(24)15-12-16(23-22-15)19(27)26-10-8-25(9-11-26)18-14(13-20)4-2-6-21-18/h2-7,12H,8-11H2,1H3,(H,22,23). The molecule has 0 aromatic carbocycles. The highest BCUT2D eigenvalue weighted by Crippen LogP contribution is 2.21. The lowest BCUT2D eigenvalue weighted by molar-refractivity contribution is 0.0740. The third kappa shape index (κ3) is 3.15. The number of nitrogens with one attached hydrogen (secondary N) is 1. The predicted octanol–water partition coefficient (Wildman–Crippen LogP) is 1.64. The number of amides is 1. The van der Waals surface area contributed by atoms with Gasteiger partial charge in [-0.15, -0.1) is 0 Å². The minimum absolute atomic E-state index is 0.0656. The number of nitriles is 1. The average Bonchev–Trinajstić information content (AvgIpc) is 3.36. The number of pyridine rings is 1. The van der Waals surface area contributed by atoms with E-state index in [4.69, 9.17) is 0 Å². The Labute approximate surface area is 156 Å². The van der Waals surface area contributed by atoms with Crippen LogP contribution in [0.1, 0.15) is 16.1 Å². The third-order valence-electron chi connectivity index (χ3n) is 4.79. The fraction of sp³-hybridized carbons (Fsp3) is 0.263. The van der Waals surface area contributed by atoms with E-state index in [-0.39, 0.29) is 5.91 Å². The lowest BCUT2D eigenvalue weighted by Gasteiger charge is -2.35. The van der Waals surface area contributed by atoms with Gasteiger partial charge in [0.05, 0.1) is 11.3 Å². The minimum atomic E-state index is -0.0656. The molecule has 8 heteroatoms. The first-order chi connectivity index (χ1) is 13.2. The van der Waals surface area contributed by atoms with Crippen molar-refractivity contribution in [1.82, 2.24) is 24.6 Å². The van der Waals surface area contributed by atoms with E-state index >= 15 is 0 Å². The van der Waals surface area contributed by atoms with Crippen LogP contribution >= 0.6 is 0 Å². The van der Waals surface area contributed by atoms with Crippen LogP contribution in [0.4, 0.5) is 5.82 Å². The molecular formula is C19H19N7O. The maximum Gasteiger partial charge on any atom is 0.272 e. The number of aryl methyl sites for hydroxylation is 1. The lowest BCUT2D eigenvalue weighted by Crippen LogP contribution is -2.49. The van der Waals surface area contributed by atoms with E-state index in [2.05, 4.69) is 21.3 Å². The number of rotatable bonds is 3. The Morgan fingerprint density at radius 1 is 1.22 bits per heavy atom. The molecule has 1 aliphatic rings. The number of H-pyrrole nitrogens is 1. The van der Waals surface area contributed by atoms with Gasteiger partial charge < -0.3 is 14.4 Å². The van der Waals surface area contributed by atoms with Crippen LogP contribution in [0.3, 0.4) is 0 Å². The highest BCUT2D eigenvalue weighted by atomic mass is 16.2. The molecule has 1 amide bonds. The van der Waals surface area contributed by atoms with Crippen LogP contribution in [0.15, 0.2) is 42.7 Å². The molecule has 8 nitrogen and oxygen atoms in total. The molecule has 136 valence electrons. The Morgan fingerprint density at radius 2 is 2.04 bits per heavy atom. The van der Waals surface area contributed by atoms with E-state index in [1.807, 2.05) is 34.8 Å². The summed E-state index contributed by atoms with van der Waals surface area (Å²) in [6.07, 6.45) is 3.63. The molecule has 1 aliphatic heterocycles. The van der Waals surface area contributed by atoms with Gasteiger partial charge in [0, 0.05) is 45.6 Å². The van der Waals surface area contributed by atoms with E-state index in [1.165, 1.54) is 0 Å². The largest absolute Gasteiger partial charge is 0.352 e. The van der Waals surface area contributed by atoms with Crippen molar-refractivity contribution in [3.05, 3.63) is 54.0 Å². The van der Waals surface area contributed by atoms with Crippen molar-refractivity contribution in [2.75, 3.05) is 31.1 Å². The van der Waals surface area contributed by atoms with Gasteiger partial charge in [0.25, 0.3) is 5.91 Å². The first-order valence-electron chi connectivity index (χ1n) is 8.74. The molecule has 0 unspecified atom stereocenters. The van der Waals surface area contributed by atoms with Gasteiger partial charge in [-0.25, -0.2) is 4.98 Å². The summed E-state index contributed by atoms with van der Waals surface area (Å²) < 4.78 is 1.96. The monoisotopic (exact) mass is 361 g/mol. The zero-order valence-corrected chi connectivity index (χ0v) is 15.0. The summed E-state index contributed by atoms with van der Waals surface area (Å²) in [7, 11) is 1.94. The Morgan fingerprint density at radius 3 is 2.74 bits per heavy atom. The number of nitrogens with zero attached hydrogens (tertiary/aromatic N) is 6. The molecular weight excluding hydrogens is 342 g/mol. The number of aromatic amines is 1. The van der Waals surface area contributed by atoms with Gasteiger partial charge in [0.1, 0.15) is 23.3 Å². The zero-order valence-electron chi connectivity index (χ0n) is 15.0. The summed E-state index contributed by atoms with van der Waals surface area (Å²) in [5.41, 5.74) is 2.74. The quantitative estimate of drug-likeness (QED) is 0.765. The van der Waals surface area contributed by atoms with Crippen LogP contribution in [0, 0.1) is 11.3 Å². The van der Waals surface area contributed by atoms with E-state index in [0.717, 1.165) is 11.4 Å². The fourth-order valence-electron chi connectivity index (χ4n) is 3.32. The molecule has 3 aromatic rings. The molecule has 1 saturated heterocycles. The van der Waals surface area contributed by atoms with Crippen LogP contribution in [-0.2, 0) is 7.05 Å². The molecule has 0 saturated carbocycles. The number of carbonyl (C=O) groups is 1. The van der Waals surface area contributed by atoms with Gasteiger partial charge in [-0.3, -0.25) is 9.89 Å². The number of hydrogen-bond donors (Lipinski definition) is 1. The molecule has 0 spiro atoms. The summed E-state index contributed by atoms with van der Waals surface area (Å²) in [6.45, 7) is 2.41. The number of piperazine rings is 1. The maximum absolute atomic E-state index is 12.8. The normalized spacial score (nSPS) is 14.2. The number of aromatic nitrogens is 4. The van der Waals surface area contributed by atoms with Crippen molar-refractivity contribution in [3.8, 4) is 17.5 Å². The second-order valence-electron chi connectivity index (χ2n) is 6.44. The summed E-state index contributed by atoms with van der Waals surface area (Å²) in [5.74, 6) is 0.615. The smallest absolute Gasteiger partial charge is 0.272 e. The van der Waals surface area contributed by atoms with Crippen LogP contribution in [-0.4, -0.2) is 56.7 Å². The van der Waals surface area contributed by atoms with Gasteiger partial charge in [-0.1, -0.05) is 0 Å². The SMILES string of the molecule is Cn1cccc1-c1cc(C(=O)N2CCN(c3ncccc3C#N)CC2)[nH]n1. The van der Waals surface area contributed by atoms with E-state index in [9.17, 15) is 10.1 Å². The number of anilines is 1. The number of carbonyl (C=O) groups excluding carboxylic acids is 1. The van der Waals surface area contributed by atoms with Crippen LogP contribution in [0.5, 0.6) is 0 Å². The first kappa shape index (κ1) is 16.8. The molecule has 1 N–H and O–H groups in total. The number of hydrogen-bond acceptors (Lipinski definition) is 5. The molecule has 0 bridgehead atoms. The van der Waals surface area contributed by atoms with Gasteiger partial charge in [-0.2, -0.15) is 10.4 Å². The van der Waals surface area contributed by atoms with Crippen molar-refractivity contribution in [3.63, 3.8) is 0 Å². The Hall–Kier alpha value is -3.60. The second kappa shape index (κ2) is 6.96. The summed E-state index contributed by atoms with van der Waals surface area (Å²) >= 11 is 0. The third-order valence-corrected chi connectivity index (χ3v) is 4.79. The van der Waals surface area contributed by atoms with Gasteiger partial charge >= 0.3 is 0 Å². The first-order valence-corrected chi connectivity index (χ1v) is 8.74. The van der Waals surface area contributed by atoms with Crippen molar-refractivity contribution >= 4 is 11.7 Å². The molecule has 0 aliphatic carbocycles. The minimum Gasteiger partial charge on any atom is -0.352 e. The Kier molecular flexibility index (Phi) is 4.34. The maximum atomic E-state index is 12.8. The molecule has 4 heterocycles. The fourth-order valence-corrected chi connectivity index (χ4v) is 3.32. The summed E-state index contributed by atoms with van der Waals surface area (Å²) in [5, 5.41) is 16.4. The van der Waals surface area contributed by atoms with Gasteiger partial charge in [-0.05, 0) is 30.3 Å². The summed E-state index contributed by atoms with van der Waals surface area (Å²) in [4.78, 5) is 21.0. The van der Waals surface area contributed by atoms with Gasteiger partial charge in [0.2, 0.25) is 0 Å². The van der Waals surface area contributed by atoms with Gasteiger partial charge in [0.15, 0.2) is 0 Å². The summed E-state index contributed by atoms with van der Waals surface area (Å²) in [6, 6.07) is 11.4. The van der Waals surface area contributed by atoms with Crippen molar-refractivity contribution in [2.24, 2.45) is 7.05 Å². The second-order valence-corrected chi connectivity index (χ2v) is 6.44. The Balaban J connectivity index is 1.44. The lowest BCUT2D eigenvalue weighted by atomic mass is 10.2. The van der Waals surface area contributed by atoms with Crippen molar-refractivity contribution in [2.45, 2.75) is 0 Å². The molecule has 3 aromatic heterocycles. The molecule has 0 atom stereocenters.